The van der Waals surface area contributed by atoms with Crippen molar-refractivity contribution in [2.75, 3.05) is 5.73 Å². The minimum atomic E-state index is 0.0752. The molecule has 0 unspecified atom stereocenters. The molecular weight excluding hydrogens is 206 g/mol. The highest BCUT2D eigenvalue weighted by Gasteiger charge is 2.15. The largest absolute Gasteiger partial charge is 0.395 e. The van der Waals surface area contributed by atoms with Gasteiger partial charge in [0.25, 0.3) is 0 Å². The first-order chi connectivity index (χ1) is 5.88. The lowest BCUT2D eigenvalue weighted by Crippen LogP contribution is -2.08. The molecule has 0 aliphatic carbocycles. The smallest absolute Gasteiger partial charge is 0.223 e. The van der Waals surface area contributed by atoms with Gasteiger partial charge in [-0.15, -0.1) is 0 Å². The molecule has 3 nitrogen and oxygen atoms in total. The first-order valence-corrected chi connectivity index (χ1v) is 5.05. The van der Waals surface area contributed by atoms with Gasteiger partial charge >= 0.3 is 0 Å². The number of aromatic nitrogens is 2. The summed E-state index contributed by atoms with van der Waals surface area (Å²) in [6, 6.07) is 0. The third kappa shape index (κ3) is 3.40. The molecule has 1 heterocycles. The summed E-state index contributed by atoms with van der Waals surface area (Å²) >= 11 is 7.24. The van der Waals surface area contributed by atoms with Gasteiger partial charge in [0.2, 0.25) is 5.28 Å². The van der Waals surface area contributed by atoms with Crippen LogP contribution in [0.25, 0.3) is 0 Å². The van der Waals surface area contributed by atoms with Crippen molar-refractivity contribution in [3.8, 4) is 0 Å². The zero-order valence-electron chi connectivity index (χ0n) is 7.84. The van der Waals surface area contributed by atoms with Crippen LogP contribution in [0.5, 0.6) is 0 Å². The van der Waals surface area contributed by atoms with E-state index in [1.165, 1.54) is 6.20 Å². The van der Waals surface area contributed by atoms with E-state index in [2.05, 4.69) is 30.7 Å². The van der Waals surface area contributed by atoms with Crippen molar-refractivity contribution in [3.05, 3.63) is 11.5 Å². The fraction of sp³-hybridized carbons (Fsp3) is 0.500. The maximum atomic E-state index is 5.69. The lowest BCUT2D eigenvalue weighted by molar-refractivity contribution is 0.799. The van der Waals surface area contributed by atoms with Gasteiger partial charge < -0.3 is 5.73 Å². The molecule has 0 aliphatic heterocycles. The number of thioether (sulfide) groups is 1. The van der Waals surface area contributed by atoms with Crippen molar-refractivity contribution in [1.82, 2.24) is 9.97 Å². The maximum Gasteiger partial charge on any atom is 0.223 e. The minimum absolute atomic E-state index is 0.0752. The highest BCUT2D eigenvalue weighted by molar-refractivity contribution is 8.00. The standard InChI is InChI=1S/C8H12ClN3S/c1-8(2,3)13-6-5(10)4-11-7(9)12-6/h4H,10H2,1-3H3. The van der Waals surface area contributed by atoms with E-state index >= 15 is 0 Å². The normalized spacial score (nSPS) is 11.7. The molecule has 0 radical (unpaired) electrons. The third-order valence-corrected chi connectivity index (χ3v) is 2.47. The molecule has 0 saturated heterocycles. The molecule has 0 saturated carbocycles. The van der Waals surface area contributed by atoms with E-state index in [4.69, 9.17) is 17.3 Å². The summed E-state index contributed by atoms with van der Waals surface area (Å²) < 4.78 is 0.0752. The van der Waals surface area contributed by atoms with E-state index < -0.39 is 0 Å². The molecule has 72 valence electrons. The average Bonchev–Trinajstić information content (AvgIpc) is 1.94. The van der Waals surface area contributed by atoms with Crippen LogP contribution in [0.4, 0.5) is 5.69 Å². The van der Waals surface area contributed by atoms with Crippen molar-refractivity contribution in [2.45, 2.75) is 30.5 Å². The van der Waals surface area contributed by atoms with E-state index in [1.807, 2.05) is 0 Å². The minimum Gasteiger partial charge on any atom is -0.395 e. The highest BCUT2D eigenvalue weighted by Crippen LogP contribution is 2.33. The van der Waals surface area contributed by atoms with E-state index in [1.54, 1.807) is 11.8 Å². The second kappa shape index (κ2) is 3.72. The van der Waals surface area contributed by atoms with Crippen LogP contribution >= 0.6 is 23.4 Å². The number of nitrogen functional groups attached to an aromatic ring is 1. The topological polar surface area (TPSA) is 51.8 Å². The molecule has 5 heteroatoms. The summed E-state index contributed by atoms with van der Waals surface area (Å²) in [4.78, 5) is 7.84. The van der Waals surface area contributed by atoms with Crippen LogP contribution in [0.15, 0.2) is 11.2 Å². The van der Waals surface area contributed by atoms with Gasteiger partial charge in [-0.25, -0.2) is 9.97 Å². The second-order valence-corrected chi connectivity index (χ2v) is 5.77. The number of hydrogen-bond donors (Lipinski definition) is 1. The van der Waals surface area contributed by atoms with Gasteiger partial charge in [0.1, 0.15) is 5.03 Å². The Morgan fingerprint density at radius 2 is 2.08 bits per heavy atom. The van der Waals surface area contributed by atoms with Gasteiger partial charge in [-0.2, -0.15) is 0 Å². The molecule has 13 heavy (non-hydrogen) atoms. The van der Waals surface area contributed by atoms with Gasteiger partial charge in [-0.3, -0.25) is 0 Å². The van der Waals surface area contributed by atoms with Crippen LogP contribution < -0.4 is 5.73 Å². The summed E-state index contributed by atoms with van der Waals surface area (Å²) in [5.41, 5.74) is 6.27. The fourth-order valence-corrected chi connectivity index (χ4v) is 1.79. The Kier molecular flexibility index (Phi) is 3.03. The van der Waals surface area contributed by atoms with Crippen molar-refractivity contribution >= 4 is 29.1 Å². The van der Waals surface area contributed by atoms with Crippen molar-refractivity contribution in [1.29, 1.82) is 0 Å². The number of nitrogens with zero attached hydrogens (tertiary/aromatic N) is 2. The molecule has 0 atom stereocenters. The van der Waals surface area contributed by atoms with Crippen LogP contribution in [-0.4, -0.2) is 14.7 Å². The zero-order chi connectivity index (χ0) is 10.1. The molecule has 0 aromatic carbocycles. The predicted octanol–water partition coefficient (Wildman–Crippen LogP) is 2.60. The Balaban J connectivity index is 2.94. The Morgan fingerprint density at radius 3 is 2.62 bits per heavy atom. The molecular formula is C8H12ClN3S. The zero-order valence-corrected chi connectivity index (χ0v) is 9.41. The van der Waals surface area contributed by atoms with E-state index in [0.717, 1.165) is 5.03 Å². The fourth-order valence-electron chi connectivity index (χ4n) is 0.727. The van der Waals surface area contributed by atoms with Crippen molar-refractivity contribution in [2.24, 2.45) is 0 Å². The third-order valence-electron chi connectivity index (χ3n) is 1.15. The SMILES string of the molecule is CC(C)(C)Sc1nc(Cl)ncc1N. The van der Waals surface area contributed by atoms with Gasteiger partial charge in [0, 0.05) is 4.75 Å². The Bertz CT molecular complexity index is 309. The van der Waals surface area contributed by atoms with Crippen molar-refractivity contribution in [3.63, 3.8) is 0 Å². The van der Waals surface area contributed by atoms with Crippen LogP contribution in [0.2, 0.25) is 5.28 Å². The second-order valence-electron chi connectivity index (χ2n) is 3.61. The highest BCUT2D eigenvalue weighted by atomic mass is 35.5. The van der Waals surface area contributed by atoms with E-state index in [0.29, 0.717) is 5.69 Å². The first-order valence-electron chi connectivity index (χ1n) is 3.85. The summed E-state index contributed by atoms with van der Waals surface area (Å²) in [7, 11) is 0. The summed E-state index contributed by atoms with van der Waals surface area (Å²) in [5, 5.41) is 0.980. The Hall–Kier alpha value is -0.480. The predicted molar refractivity (Wildman–Crippen MR) is 57.1 cm³/mol. The molecule has 0 amide bonds. The van der Waals surface area contributed by atoms with Crippen LogP contribution in [0, 0.1) is 0 Å². The van der Waals surface area contributed by atoms with Crippen LogP contribution in [-0.2, 0) is 0 Å². The average molecular weight is 218 g/mol. The van der Waals surface area contributed by atoms with E-state index in [-0.39, 0.29) is 10.0 Å². The lowest BCUT2D eigenvalue weighted by Gasteiger charge is -2.17. The van der Waals surface area contributed by atoms with E-state index in [9.17, 15) is 0 Å². The van der Waals surface area contributed by atoms with Gasteiger partial charge in [-0.1, -0.05) is 32.5 Å². The summed E-state index contributed by atoms with van der Waals surface area (Å²) in [5.74, 6) is 0. The molecule has 2 N–H and O–H groups in total. The lowest BCUT2D eigenvalue weighted by atomic mass is 10.3. The quantitative estimate of drug-likeness (QED) is 0.446. The Labute approximate surface area is 87.1 Å². The first kappa shape index (κ1) is 10.6. The van der Waals surface area contributed by atoms with Crippen molar-refractivity contribution < 1.29 is 0 Å². The molecule has 0 aliphatic rings. The van der Waals surface area contributed by atoms with Crippen LogP contribution in [0.3, 0.4) is 0 Å². The molecule has 1 aromatic heterocycles. The Morgan fingerprint density at radius 1 is 1.46 bits per heavy atom. The summed E-state index contributed by atoms with van der Waals surface area (Å²) in [6.07, 6.45) is 1.53. The number of rotatable bonds is 1. The van der Waals surface area contributed by atoms with Gasteiger partial charge in [0.05, 0.1) is 11.9 Å². The van der Waals surface area contributed by atoms with Crippen LogP contribution in [0.1, 0.15) is 20.8 Å². The molecule has 0 spiro atoms. The summed E-state index contributed by atoms with van der Waals surface area (Å²) in [6.45, 7) is 6.27. The van der Waals surface area contributed by atoms with Gasteiger partial charge in [-0.05, 0) is 11.6 Å². The molecule has 0 bridgehead atoms. The number of nitrogens with two attached hydrogens (primary N) is 1. The maximum absolute atomic E-state index is 5.69. The number of hydrogen-bond acceptors (Lipinski definition) is 4. The molecule has 0 fully saturated rings. The number of anilines is 1. The van der Waals surface area contributed by atoms with Gasteiger partial charge in [0.15, 0.2) is 0 Å². The monoisotopic (exact) mass is 217 g/mol. The number of halogens is 1. The molecule has 1 rings (SSSR count). The molecule has 1 aromatic rings.